The SMILES string of the molecule is CCCc1cnc(NC(=O)c2ccccc2-c2nnc(C)o2)s1. The number of carbonyl (C=O) groups is 1. The summed E-state index contributed by atoms with van der Waals surface area (Å²) in [7, 11) is 0. The van der Waals surface area contributed by atoms with E-state index in [0.29, 0.717) is 28.0 Å². The first-order chi connectivity index (χ1) is 11.2. The quantitative estimate of drug-likeness (QED) is 0.772. The number of hydrogen-bond acceptors (Lipinski definition) is 6. The molecule has 1 amide bonds. The number of carbonyl (C=O) groups excluding carboxylic acids is 1. The predicted octanol–water partition coefficient (Wildman–Crippen LogP) is 3.71. The van der Waals surface area contributed by atoms with Gasteiger partial charge in [-0.25, -0.2) is 4.98 Å². The van der Waals surface area contributed by atoms with E-state index in [0.717, 1.165) is 17.7 Å². The summed E-state index contributed by atoms with van der Waals surface area (Å²) in [5.41, 5.74) is 1.08. The van der Waals surface area contributed by atoms with Crippen molar-refractivity contribution in [1.82, 2.24) is 15.2 Å². The zero-order chi connectivity index (χ0) is 16.2. The monoisotopic (exact) mass is 328 g/mol. The van der Waals surface area contributed by atoms with Crippen molar-refractivity contribution in [2.75, 3.05) is 5.32 Å². The molecule has 23 heavy (non-hydrogen) atoms. The highest BCUT2D eigenvalue weighted by Gasteiger charge is 2.17. The van der Waals surface area contributed by atoms with Crippen LogP contribution in [0.5, 0.6) is 0 Å². The van der Waals surface area contributed by atoms with Gasteiger partial charge in [-0.1, -0.05) is 25.5 Å². The van der Waals surface area contributed by atoms with Crippen molar-refractivity contribution in [3.05, 3.63) is 46.8 Å². The summed E-state index contributed by atoms with van der Waals surface area (Å²) < 4.78 is 5.43. The van der Waals surface area contributed by atoms with Gasteiger partial charge in [-0.2, -0.15) is 0 Å². The van der Waals surface area contributed by atoms with Gasteiger partial charge in [0.05, 0.1) is 11.1 Å². The first-order valence-electron chi connectivity index (χ1n) is 7.33. The fraction of sp³-hybridized carbons (Fsp3) is 0.250. The first-order valence-corrected chi connectivity index (χ1v) is 8.14. The minimum Gasteiger partial charge on any atom is -0.421 e. The molecule has 2 heterocycles. The van der Waals surface area contributed by atoms with Crippen LogP contribution < -0.4 is 5.32 Å². The van der Waals surface area contributed by atoms with E-state index in [1.54, 1.807) is 31.3 Å². The van der Waals surface area contributed by atoms with E-state index in [9.17, 15) is 4.79 Å². The van der Waals surface area contributed by atoms with E-state index in [1.807, 2.05) is 6.07 Å². The molecule has 3 rings (SSSR count). The fourth-order valence-electron chi connectivity index (χ4n) is 2.16. The van der Waals surface area contributed by atoms with Gasteiger partial charge < -0.3 is 4.42 Å². The van der Waals surface area contributed by atoms with Gasteiger partial charge in [0.25, 0.3) is 5.91 Å². The van der Waals surface area contributed by atoms with Gasteiger partial charge in [-0.3, -0.25) is 10.1 Å². The van der Waals surface area contributed by atoms with Gasteiger partial charge >= 0.3 is 0 Å². The third-order valence-electron chi connectivity index (χ3n) is 3.20. The van der Waals surface area contributed by atoms with Crippen LogP contribution in [0.15, 0.2) is 34.9 Å². The molecule has 0 fully saturated rings. The average molecular weight is 328 g/mol. The minimum absolute atomic E-state index is 0.242. The molecule has 1 N–H and O–H groups in total. The van der Waals surface area contributed by atoms with Crippen LogP contribution >= 0.6 is 11.3 Å². The summed E-state index contributed by atoms with van der Waals surface area (Å²) in [6.07, 6.45) is 3.82. The highest BCUT2D eigenvalue weighted by Crippen LogP contribution is 2.25. The van der Waals surface area contributed by atoms with Gasteiger partial charge in [0.2, 0.25) is 11.8 Å². The van der Waals surface area contributed by atoms with Crippen molar-refractivity contribution in [2.45, 2.75) is 26.7 Å². The normalized spacial score (nSPS) is 10.7. The van der Waals surface area contributed by atoms with Crippen molar-refractivity contribution in [3.63, 3.8) is 0 Å². The van der Waals surface area contributed by atoms with E-state index in [4.69, 9.17) is 4.42 Å². The number of thiazole rings is 1. The lowest BCUT2D eigenvalue weighted by atomic mass is 10.1. The Kier molecular flexibility index (Phi) is 4.47. The van der Waals surface area contributed by atoms with Crippen molar-refractivity contribution >= 4 is 22.4 Å². The van der Waals surface area contributed by atoms with Crippen LogP contribution in [0.3, 0.4) is 0 Å². The topological polar surface area (TPSA) is 80.9 Å². The van der Waals surface area contributed by atoms with Gasteiger partial charge in [-0.05, 0) is 18.6 Å². The maximum Gasteiger partial charge on any atom is 0.258 e. The highest BCUT2D eigenvalue weighted by atomic mass is 32.1. The molecule has 3 aromatic rings. The molecule has 2 aromatic heterocycles. The lowest BCUT2D eigenvalue weighted by Gasteiger charge is -2.05. The molecule has 0 aliphatic rings. The number of rotatable bonds is 5. The number of amides is 1. The third-order valence-corrected chi connectivity index (χ3v) is 4.17. The summed E-state index contributed by atoms with van der Waals surface area (Å²) in [5, 5.41) is 11.2. The summed E-state index contributed by atoms with van der Waals surface area (Å²) in [6, 6.07) is 7.14. The Bertz CT molecular complexity index is 825. The lowest BCUT2D eigenvalue weighted by Crippen LogP contribution is -2.12. The maximum absolute atomic E-state index is 12.5. The summed E-state index contributed by atoms with van der Waals surface area (Å²) in [4.78, 5) is 17.9. The molecule has 0 atom stereocenters. The molecule has 0 unspecified atom stereocenters. The van der Waals surface area contributed by atoms with Crippen LogP contribution in [0.4, 0.5) is 5.13 Å². The van der Waals surface area contributed by atoms with Gasteiger partial charge in [0.1, 0.15) is 0 Å². The Hall–Kier alpha value is -2.54. The van der Waals surface area contributed by atoms with Crippen molar-refractivity contribution in [3.8, 4) is 11.5 Å². The van der Waals surface area contributed by atoms with E-state index >= 15 is 0 Å². The third kappa shape index (κ3) is 3.45. The minimum atomic E-state index is -0.242. The standard InChI is InChI=1S/C16H16N4O2S/c1-3-6-11-9-17-16(23-11)18-14(21)12-7-4-5-8-13(12)15-20-19-10(2)22-15/h4-5,7-9H,3,6H2,1-2H3,(H,17,18,21). The molecule has 0 bridgehead atoms. The van der Waals surface area contributed by atoms with E-state index in [-0.39, 0.29) is 5.91 Å². The largest absolute Gasteiger partial charge is 0.421 e. The van der Waals surface area contributed by atoms with Crippen molar-refractivity contribution in [1.29, 1.82) is 0 Å². The number of nitrogens with zero attached hydrogens (tertiary/aromatic N) is 3. The Labute approximate surface area is 137 Å². The summed E-state index contributed by atoms with van der Waals surface area (Å²) >= 11 is 1.49. The molecule has 0 saturated carbocycles. The number of benzene rings is 1. The second kappa shape index (κ2) is 6.70. The van der Waals surface area contributed by atoms with Gasteiger partial charge in [-0.15, -0.1) is 21.5 Å². The molecule has 0 aliphatic carbocycles. The zero-order valence-electron chi connectivity index (χ0n) is 12.9. The smallest absolute Gasteiger partial charge is 0.258 e. The number of hydrogen-bond donors (Lipinski definition) is 1. The van der Waals surface area contributed by atoms with Crippen LogP contribution in [-0.2, 0) is 6.42 Å². The molecule has 0 aliphatic heterocycles. The number of aryl methyl sites for hydroxylation is 2. The van der Waals surface area contributed by atoms with Crippen LogP contribution in [0.25, 0.3) is 11.5 Å². The molecule has 0 spiro atoms. The Morgan fingerprint density at radius 3 is 2.87 bits per heavy atom. The predicted molar refractivity (Wildman–Crippen MR) is 88.5 cm³/mol. The van der Waals surface area contributed by atoms with E-state index < -0.39 is 0 Å². The molecule has 6 nitrogen and oxygen atoms in total. The van der Waals surface area contributed by atoms with Gasteiger partial charge in [0, 0.05) is 18.0 Å². The molecular formula is C16H16N4O2S. The van der Waals surface area contributed by atoms with E-state index in [2.05, 4.69) is 27.4 Å². The average Bonchev–Trinajstić information content (AvgIpc) is 3.17. The first kappa shape index (κ1) is 15.4. The summed E-state index contributed by atoms with van der Waals surface area (Å²) in [6.45, 7) is 3.82. The molecule has 118 valence electrons. The highest BCUT2D eigenvalue weighted by molar-refractivity contribution is 7.15. The second-order valence-corrected chi connectivity index (χ2v) is 6.12. The van der Waals surface area contributed by atoms with Crippen molar-refractivity contribution in [2.24, 2.45) is 0 Å². The second-order valence-electron chi connectivity index (χ2n) is 5.01. The van der Waals surface area contributed by atoms with Crippen LogP contribution in [0.1, 0.15) is 34.5 Å². The molecule has 0 radical (unpaired) electrons. The molecule has 7 heteroatoms. The Morgan fingerprint density at radius 2 is 2.13 bits per heavy atom. The van der Waals surface area contributed by atoms with Crippen molar-refractivity contribution < 1.29 is 9.21 Å². The molecule has 0 saturated heterocycles. The van der Waals surface area contributed by atoms with E-state index in [1.165, 1.54) is 11.3 Å². The Balaban J connectivity index is 1.84. The fourth-order valence-corrected chi connectivity index (χ4v) is 3.07. The summed E-state index contributed by atoms with van der Waals surface area (Å²) in [5.74, 6) is 0.548. The van der Waals surface area contributed by atoms with Crippen LogP contribution in [-0.4, -0.2) is 21.1 Å². The maximum atomic E-state index is 12.5. The van der Waals surface area contributed by atoms with Crippen LogP contribution in [0, 0.1) is 6.92 Å². The Morgan fingerprint density at radius 1 is 1.30 bits per heavy atom. The lowest BCUT2D eigenvalue weighted by molar-refractivity contribution is 0.102. The molecule has 1 aromatic carbocycles. The molecular weight excluding hydrogens is 312 g/mol. The zero-order valence-corrected chi connectivity index (χ0v) is 13.7. The number of nitrogens with one attached hydrogen (secondary N) is 1. The van der Waals surface area contributed by atoms with Crippen LogP contribution in [0.2, 0.25) is 0 Å². The van der Waals surface area contributed by atoms with Gasteiger partial charge in [0.15, 0.2) is 5.13 Å². The number of aromatic nitrogens is 3. The number of anilines is 1.